The highest BCUT2D eigenvalue weighted by Crippen LogP contribution is 2.65. The quantitative estimate of drug-likeness (QED) is 0.202. The average Bonchev–Trinajstić information content (AvgIpc) is 3.39. The highest BCUT2D eigenvalue weighted by molar-refractivity contribution is 6.22. The van der Waals surface area contributed by atoms with Crippen LogP contribution >= 0.6 is 0 Å². The molecular formula is C19H16N2O6. The predicted octanol–water partition coefficient (Wildman–Crippen LogP) is 2.08. The van der Waals surface area contributed by atoms with Gasteiger partial charge in [-0.25, -0.2) is 4.90 Å². The number of nitro benzene ring substituents is 1. The van der Waals surface area contributed by atoms with Crippen molar-refractivity contribution in [3.63, 3.8) is 0 Å². The number of hydrogen-bond donors (Lipinski definition) is 0. The van der Waals surface area contributed by atoms with Gasteiger partial charge in [-0.1, -0.05) is 12.2 Å². The van der Waals surface area contributed by atoms with Gasteiger partial charge in [-0.2, -0.15) is 0 Å². The lowest BCUT2D eigenvalue weighted by Gasteiger charge is -2.37. The number of nitro groups is 1. The van der Waals surface area contributed by atoms with E-state index in [-0.39, 0.29) is 46.9 Å². The zero-order valence-corrected chi connectivity index (χ0v) is 14.4. The Balaban J connectivity index is 1.53. The van der Waals surface area contributed by atoms with E-state index in [1.807, 2.05) is 0 Å². The molecule has 0 radical (unpaired) electrons. The van der Waals surface area contributed by atoms with Crippen LogP contribution in [0.5, 0.6) is 5.75 Å². The van der Waals surface area contributed by atoms with Gasteiger partial charge in [-0.15, -0.1) is 0 Å². The van der Waals surface area contributed by atoms with Crippen LogP contribution in [-0.2, 0) is 14.4 Å². The van der Waals surface area contributed by atoms with Gasteiger partial charge in [0, 0.05) is 13.0 Å². The average molecular weight is 368 g/mol. The molecule has 2 amide bonds. The van der Waals surface area contributed by atoms with Gasteiger partial charge in [-0.05, 0) is 42.2 Å². The van der Waals surface area contributed by atoms with Crippen molar-refractivity contribution in [2.75, 3.05) is 4.90 Å². The number of allylic oxidation sites excluding steroid dienone is 2. The SMILES string of the molecule is CC(=O)Oc1ccc(N2C(=O)[C@@H]3[C@@H]4C=C[C@@H]([C@H]5C[C@@H]45)[C@@H]3C2=O)cc1[N+](=O)[O-]. The predicted molar refractivity (Wildman–Crippen MR) is 91.6 cm³/mol. The maximum absolute atomic E-state index is 13.1. The molecule has 0 spiro atoms. The number of imide groups is 1. The maximum Gasteiger partial charge on any atom is 0.313 e. The van der Waals surface area contributed by atoms with E-state index in [9.17, 15) is 24.5 Å². The lowest BCUT2D eigenvalue weighted by Crippen LogP contribution is -2.40. The lowest BCUT2D eigenvalue weighted by atomic mass is 9.63. The van der Waals surface area contributed by atoms with Gasteiger partial charge in [0.1, 0.15) is 0 Å². The summed E-state index contributed by atoms with van der Waals surface area (Å²) < 4.78 is 4.86. The number of nitrogens with zero attached hydrogens (tertiary/aromatic N) is 2. The summed E-state index contributed by atoms with van der Waals surface area (Å²) in [6, 6.07) is 3.79. The van der Waals surface area contributed by atoms with Crippen molar-refractivity contribution in [3.8, 4) is 5.75 Å². The molecule has 4 aliphatic carbocycles. The van der Waals surface area contributed by atoms with Gasteiger partial charge < -0.3 is 4.74 Å². The van der Waals surface area contributed by atoms with Gasteiger partial charge >= 0.3 is 11.7 Å². The van der Waals surface area contributed by atoms with Crippen LogP contribution < -0.4 is 9.64 Å². The maximum atomic E-state index is 13.1. The molecule has 6 rings (SSSR count). The summed E-state index contributed by atoms with van der Waals surface area (Å²) in [5.74, 6) is -1.08. The molecule has 1 aromatic rings. The van der Waals surface area contributed by atoms with Crippen molar-refractivity contribution >= 4 is 29.2 Å². The lowest BCUT2D eigenvalue weighted by molar-refractivity contribution is -0.385. The molecule has 2 bridgehead atoms. The zero-order valence-electron chi connectivity index (χ0n) is 14.4. The molecule has 0 aromatic heterocycles. The van der Waals surface area contributed by atoms with Gasteiger partial charge in [0.25, 0.3) is 0 Å². The topological polar surface area (TPSA) is 107 Å². The number of esters is 1. The minimum atomic E-state index is -0.694. The van der Waals surface area contributed by atoms with E-state index in [2.05, 4.69) is 12.2 Å². The third-order valence-electron chi connectivity index (χ3n) is 6.31. The Kier molecular flexibility index (Phi) is 3.14. The second-order valence-corrected chi connectivity index (χ2v) is 7.67. The molecule has 5 aliphatic rings. The van der Waals surface area contributed by atoms with Crippen LogP contribution in [0.2, 0.25) is 0 Å². The molecule has 6 atom stereocenters. The highest BCUT2D eigenvalue weighted by Gasteiger charge is 2.67. The molecular weight excluding hydrogens is 352 g/mol. The minimum absolute atomic E-state index is 0.0850. The summed E-state index contributed by atoms with van der Waals surface area (Å²) in [5.41, 5.74) is -0.308. The Morgan fingerprint density at radius 1 is 1.15 bits per heavy atom. The van der Waals surface area contributed by atoms with Gasteiger partial charge in [-0.3, -0.25) is 24.5 Å². The third-order valence-corrected chi connectivity index (χ3v) is 6.31. The molecule has 1 saturated heterocycles. The normalized spacial score (nSPS) is 35.1. The Morgan fingerprint density at radius 2 is 1.74 bits per heavy atom. The molecule has 8 nitrogen and oxygen atoms in total. The molecule has 3 fully saturated rings. The van der Waals surface area contributed by atoms with Crippen LogP contribution in [0.1, 0.15) is 13.3 Å². The molecule has 27 heavy (non-hydrogen) atoms. The van der Waals surface area contributed by atoms with Crippen LogP contribution in [0, 0.1) is 45.6 Å². The Bertz CT molecular complexity index is 918. The molecule has 1 aromatic carbocycles. The van der Waals surface area contributed by atoms with Gasteiger partial charge in [0.2, 0.25) is 17.6 Å². The number of carbonyl (C=O) groups excluding carboxylic acids is 3. The first-order chi connectivity index (χ1) is 12.9. The van der Waals surface area contributed by atoms with Crippen LogP contribution in [0.4, 0.5) is 11.4 Å². The number of carbonyl (C=O) groups is 3. The van der Waals surface area contributed by atoms with Crippen LogP contribution in [0.3, 0.4) is 0 Å². The van der Waals surface area contributed by atoms with E-state index >= 15 is 0 Å². The summed E-state index contributed by atoms with van der Waals surface area (Å²) in [7, 11) is 0. The monoisotopic (exact) mass is 368 g/mol. The van der Waals surface area contributed by atoms with Crippen LogP contribution in [0.15, 0.2) is 30.4 Å². The van der Waals surface area contributed by atoms with E-state index in [4.69, 9.17) is 4.74 Å². The second-order valence-electron chi connectivity index (χ2n) is 7.67. The van der Waals surface area contributed by atoms with E-state index in [1.54, 1.807) is 0 Å². The number of ether oxygens (including phenoxy) is 1. The standard InChI is InChI=1S/C19H16N2O6/c1-8(22)27-15-5-2-9(6-14(15)21(25)26)20-18(23)16-10-3-4-11(13-7-12(10)13)17(16)19(20)24/h2-6,10-13,16-17H,7H2,1H3/t10-,11+,12+,13-,16-,17+. The van der Waals surface area contributed by atoms with E-state index in [1.165, 1.54) is 12.1 Å². The molecule has 2 saturated carbocycles. The summed E-state index contributed by atoms with van der Waals surface area (Å²) in [6.07, 6.45) is 5.21. The number of anilines is 1. The molecule has 138 valence electrons. The summed E-state index contributed by atoms with van der Waals surface area (Å²) in [5, 5.41) is 11.4. The van der Waals surface area contributed by atoms with E-state index in [0.717, 1.165) is 24.3 Å². The smallest absolute Gasteiger partial charge is 0.313 e. The number of rotatable bonds is 3. The van der Waals surface area contributed by atoms with Crippen molar-refractivity contribution in [2.24, 2.45) is 35.5 Å². The number of amides is 2. The minimum Gasteiger partial charge on any atom is -0.419 e. The Labute approximate surface area is 153 Å². The number of benzene rings is 1. The van der Waals surface area contributed by atoms with Crippen LogP contribution in [-0.4, -0.2) is 22.7 Å². The molecule has 0 N–H and O–H groups in total. The summed E-state index contributed by atoms with van der Waals surface area (Å²) in [6.45, 7) is 1.14. The molecule has 8 heteroatoms. The van der Waals surface area contributed by atoms with Crippen molar-refractivity contribution in [1.29, 1.82) is 0 Å². The van der Waals surface area contributed by atoms with Crippen molar-refractivity contribution in [3.05, 3.63) is 40.5 Å². The zero-order chi connectivity index (χ0) is 19.0. The summed E-state index contributed by atoms with van der Waals surface area (Å²) >= 11 is 0. The Hall–Kier alpha value is -3.03. The van der Waals surface area contributed by atoms with Crippen molar-refractivity contribution in [1.82, 2.24) is 0 Å². The van der Waals surface area contributed by atoms with Gasteiger partial charge in [0.15, 0.2) is 0 Å². The van der Waals surface area contributed by atoms with Crippen LogP contribution in [0.25, 0.3) is 0 Å². The first-order valence-corrected chi connectivity index (χ1v) is 8.91. The highest BCUT2D eigenvalue weighted by atomic mass is 16.6. The summed E-state index contributed by atoms with van der Waals surface area (Å²) in [4.78, 5) is 49.0. The van der Waals surface area contributed by atoms with Gasteiger partial charge in [0.05, 0.1) is 22.4 Å². The fourth-order valence-electron chi connectivity index (χ4n) is 5.24. The first-order valence-electron chi connectivity index (χ1n) is 8.91. The fraction of sp³-hybridized carbons (Fsp3) is 0.421. The number of hydrogen-bond acceptors (Lipinski definition) is 6. The second kappa shape index (κ2) is 5.25. The Morgan fingerprint density at radius 3 is 2.26 bits per heavy atom. The third kappa shape index (κ3) is 2.12. The van der Waals surface area contributed by atoms with E-state index in [0.29, 0.717) is 11.8 Å². The molecule has 1 heterocycles. The first kappa shape index (κ1) is 16.2. The van der Waals surface area contributed by atoms with Crippen molar-refractivity contribution in [2.45, 2.75) is 13.3 Å². The van der Waals surface area contributed by atoms with E-state index < -0.39 is 16.6 Å². The molecule has 0 unspecified atom stereocenters. The van der Waals surface area contributed by atoms with Crippen molar-refractivity contribution < 1.29 is 24.0 Å². The largest absolute Gasteiger partial charge is 0.419 e. The molecule has 1 aliphatic heterocycles. The fourth-order valence-corrected chi connectivity index (χ4v) is 5.24.